The average Bonchev–Trinajstić information content (AvgIpc) is 2.54. The van der Waals surface area contributed by atoms with Crippen LogP contribution in [0, 0.1) is 0 Å². The molecule has 0 saturated heterocycles. The van der Waals surface area contributed by atoms with Gasteiger partial charge in [-0.2, -0.15) is 0 Å². The third-order valence-electron chi connectivity index (χ3n) is 1.66. The van der Waals surface area contributed by atoms with Crippen LogP contribution in [0.2, 0.25) is 0 Å². The van der Waals surface area contributed by atoms with Gasteiger partial charge >= 0.3 is 0 Å². The van der Waals surface area contributed by atoms with Crippen LogP contribution in [0.1, 0.15) is 10.5 Å². The van der Waals surface area contributed by atoms with E-state index >= 15 is 0 Å². The van der Waals surface area contributed by atoms with Crippen molar-refractivity contribution in [3.8, 4) is 0 Å². The smallest absolute Gasteiger partial charge is 0.214 e. The van der Waals surface area contributed by atoms with Crippen LogP contribution in [0.15, 0.2) is 18.6 Å². The standard InChI is InChI=1S/C7H7N3O/c1-9-4-6(5-11)10-3-2-8-7(9)10/h2-5H,1H3. The third-order valence-corrected chi connectivity index (χ3v) is 1.66. The largest absolute Gasteiger partial charge is 0.319 e. The van der Waals surface area contributed by atoms with Gasteiger partial charge in [-0.1, -0.05) is 0 Å². The van der Waals surface area contributed by atoms with Crippen LogP contribution in [0.4, 0.5) is 0 Å². The number of carbonyl (C=O) groups excluding carboxylic acids is 1. The summed E-state index contributed by atoms with van der Waals surface area (Å²) in [4.78, 5) is 14.5. The number of imidazole rings is 2. The van der Waals surface area contributed by atoms with E-state index in [1.807, 2.05) is 11.6 Å². The van der Waals surface area contributed by atoms with E-state index in [4.69, 9.17) is 0 Å². The Labute approximate surface area is 63.1 Å². The number of fused-ring (bicyclic) bond motifs is 1. The molecule has 11 heavy (non-hydrogen) atoms. The van der Waals surface area contributed by atoms with Crippen molar-refractivity contribution in [3.05, 3.63) is 24.3 Å². The first-order valence-corrected chi connectivity index (χ1v) is 3.26. The van der Waals surface area contributed by atoms with E-state index in [2.05, 4.69) is 4.98 Å². The molecule has 4 heteroatoms. The maximum Gasteiger partial charge on any atom is 0.214 e. The monoisotopic (exact) mass is 149 g/mol. The van der Waals surface area contributed by atoms with Gasteiger partial charge in [-0.15, -0.1) is 0 Å². The Kier molecular flexibility index (Phi) is 1.09. The maximum absolute atomic E-state index is 10.5. The van der Waals surface area contributed by atoms with Crippen molar-refractivity contribution in [3.63, 3.8) is 0 Å². The Morgan fingerprint density at radius 2 is 2.45 bits per heavy atom. The quantitative estimate of drug-likeness (QED) is 0.553. The summed E-state index contributed by atoms with van der Waals surface area (Å²) in [6.07, 6.45) is 5.99. The fraction of sp³-hybridized carbons (Fsp3) is 0.143. The predicted octanol–water partition coefficient (Wildman–Crippen LogP) is 0.485. The van der Waals surface area contributed by atoms with E-state index < -0.39 is 0 Å². The molecule has 0 aliphatic heterocycles. The summed E-state index contributed by atoms with van der Waals surface area (Å²) in [5.74, 6) is 0.784. The second-order valence-electron chi connectivity index (χ2n) is 2.38. The number of nitrogens with zero attached hydrogens (tertiary/aromatic N) is 3. The molecule has 0 amide bonds. The van der Waals surface area contributed by atoms with Crippen molar-refractivity contribution in [2.75, 3.05) is 0 Å². The lowest BCUT2D eigenvalue weighted by Crippen LogP contribution is -1.86. The van der Waals surface area contributed by atoms with E-state index in [1.165, 1.54) is 0 Å². The van der Waals surface area contributed by atoms with Gasteiger partial charge in [0.15, 0.2) is 6.29 Å². The lowest BCUT2D eigenvalue weighted by atomic mass is 10.5. The van der Waals surface area contributed by atoms with E-state index in [0.29, 0.717) is 5.69 Å². The van der Waals surface area contributed by atoms with Gasteiger partial charge in [0.2, 0.25) is 5.78 Å². The zero-order valence-corrected chi connectivity index (χ0v) is 6.06. The van der Waals surface area contributed by atoms with Crippen molar-refractivity contribution in [1.82, 2.24) is 14.0 Å². The molecular formula is C7H7N3O. The molecule has 2 aromatic heterocycles. The number of hydrogen-bond acceptors (Lipinski definition) is 2. The van der Waals surface area contributed by atoms with Gasteiger partial charge in [0.1, 0.15) is 5.69 Å². The lowest BCUT2D eigenvalue weighted by molar-refractivity contribution is 0.111. The van der Waals surface area contributed by atoms with Gasteiger partial charge < -0.3 is 4.57 Å². The molecule has 0 atom stereocenters. The fourth-order valence-corrected chi connectivity index (χ4v) is 1.16. The second-order valence-corrected chi connectivity index (χ2v) is 2.38. The van der Waals surface area contributed by atoms with Crippen LogP contribution in [0.3, 0.4) is 0 Å². The van der Waals surface area contributed by atoms with Gasteiger partial charge in [-0.3, -0.25) is 9.20 Å². The van der Waals surface area contributed by atoms with Crippen LogP contribution in [-0.4, -0.2) is 20.2 Å². The molecule has 0 saturated carbocycles. The van der Waals surface area contributed by atoms with Gasteiger partial charge in [0, 0.05) is 25.6 Å². The normalized spacial score (nSPS) is 10.6. The Morgan fingerprint density at radius 3 is 3.18 bits per heavy atom. The van der Waals surface area contributed by atoms with E-state index in [9.17, 15) is 4.79 Å². The summed E-state index contributed by atoms with van der Waals surface area (Å²) in [7, 11) is 1.86. The molecule has 0 fully saturated rings. The average molecular weight is 149 g/mol. The van der Waals surface area contributed by atoms with Crippen LogP contribution < -0.4 is 0 Å². The van der Waals surface area contributed by atoms with Crippen LogP contribution in [0.5, 0.6) is 0 Å². The van der Waals surface area contributed by atoms with Crippen LogP contribution >= 0.6 is 0 Å². The Morgan fingerprint density at radius 1 is 1.64 bits per heavy atom. The van der Waals surface area contributed by atoms with Crippen molar-refractivity contribution in [2.45, 2.75) is 0 Å². The number of aldehydes is 1. The predicted molar refractivity (Wildman–Crippen MR) is 39.6 cm³/mol. The highest BCUT2D eigenvalue weighted by molar-refractivity contribution is 5.73. The fourth-order valence-electron chi connectivity index (χ4n) is 1.16. The number of hydrogen-bond donors (Lipinski definition) is 0. The van der Waals surface area contributed by atoms with Crippen molar-refractivity contribution in [2.24, 2.45) is 7.05 Å². The molecule has 0 spiro atoms. The molecule has 2 aromatic rings. The highest BCUT2D eigenvalue weighted by Gasteiger charge is 2.03. The molecular weight excluding hydrogens is 142 g/mol. The molecule has 0 aliphatic carbocycles. The summed E-state index contributed by atoms with van der Waals surface area (Å²) >= 11 is 0. The minimum Gasteiger partial charge on any atom is -0.319 e. The molecule has 0 aliphatic rings. The van der Waals surface area contributed by atoms with E-state index in [1.54, 1.807) is 23.0 Å². The highest BCUT2D eigenvalue weighted by atomic mass is 16.1. The Balaban J connectivity index is 2.90. The van der Waals surface area contributed by atoms with Crippen molar-refractivity contribution in [1.29, 1.82) is 0 Å². The summed E-state index contributed by atoms with van der Waals surface area (Å²) < 4.78 is 3.55. The summed E-state index contributed by atoms with van der Waals surface area (Å²) in [6.45, 7) is 0. The van der Waals surface area contributed by atoms with Crippen molar-refractivity contribution < 1.29 is 4.79 Å². The second kappa shape index (κ2) is 1.95. The Hall–Kier alpha value is -1.58. The molecule has 2 heterocycles. The van der Waals surface area contributed by atoms with Crippen LogP contribution in [-0.2, 0) is 7.05 Å². The molecule has 4 nitrogen and oxygen atoms in total. The number of aryl methyl sites for hydroxylation is 1. The summed E-state index contributed by atoms with van der Waals surface area (Å²) in [5, 5.41) is 0. The molecule has 0 aromatic carbocycles. The number of rotatable bonds is 1. The summed E-state index contributed by atoms with van der Waals surface area (Å²) in [5.41, 5.74) is 0.625. The van der Waals surface area contributed by atoms with Gasteiger partial charge in [0.05, 0.1) is 0 Å². The molecule has 2 rings (SSSR count). The van der Waals surface area contributed by atoms with E-state index in [-0.39, 0.29) is 0 Å². The third kappa shape index (κ3) is 0.690. The van der Waals surface area contributed by atoms with Crippen molar-refractivity contribution >= 4 is 12.1 Å². The first-order chi connectivity index (χ1) is 5.33. The van der Waals surface area contributed by atoms with E-state index in [0.717, 1.165) is 12.1 Å². The SMILES string of the molecule is Cn1cc(C=O)n2ccnc12. The molecule has 0 unspecified atom stereocenters. The first kappa shape index (κ1) is 6.15. The number of aromatic nitrogens is 3. The van der Waals surface area contributed by atoms with Gasteiger partial charge in [0.25, 0.3) is 0 Å². The zero-order chi connectivity index (χ0) is 7.84. The molecule has 0 radical (unpaired) electrons. The first-order valence-electron chi connectivity index (χ1n) is 3.26. The minimum atomic E-state index is 0.625. The molecule has 0 N–H and O–H groups in total. The minimum absolute atomic E-state index is 0.625. The van der Waals surface area contributed by atoms with Gasteiger partial charge in [-0.05, 0) is 0 Å². The maximum atomic E-state index is 10.5. The number of carbonyl (C=O) groups is 1. The zero-order valence-electron chi connectivity index (χ0n) is 6.06. The Bertz CT molecular complexity index is 399. The molecule has 56 valence electrons. The summed E-state index contributed by atoms with van der Waals surface area (Å²) in [6, 6.07) is 0. The van der Waals surface area contributed by atoms with Crippen LogP contribution in [0.25, 0.3) is 5.78 Å². The lowest BCUT2D eigenvalue weighted by Gasteiger charge is -1.84. The highest BCUT2D eigenvalue weighted by Crippen LogP contribution is 2.04. The van der Waals surface area contributed by atoms with Gasteiger partial charge in [-0.25, -0.2) is 4.98 Å². The topological polar surface area (TPSA) is 39.3 Å². The molecule has 0 bridgehead atoms.